The normalized spacial score (nSPS) is 12.8. The number of sulfonamides is 1. The number of pyridine rings is 1. The van der Waals surface area contributed by atoms with Crippen molar-refractivity contribution < 1.29 is 22.3 Å². The van der Waals surface area contributed by atoms with Crippen molar-refractivity contribution in [1.29, 1.82) is 0 Å². The molecule has 8 heteroatoms. The molecule has 0 bridgehead atoms. The smallest absolute Gasteiger partial charge is 0.283 e. The van der Waals surface area contributed by atoms with Gasteiger partial charge in [-0.25, -0.2) is 21.9 Å². The summed E-state index contributed by atoms with van der Waals surface area (Å²) >= 11 is 0. The Bertz CT molecular complexity index is 714. The van der Waals surface area contributed by atoms with E-state index in [1.165, 1.54) is 18.3 Å². The molecule has 0 unspecified atom stereocenters. The summed E-state index contributed by atoms with van der Waals surface area (Å²) < 4.78 is 51.7. The van der Waals surface area contributed by atoms with Crippen LogP contribution in [0.4, 0.5) is 8.78 Å². The highest BCUT2D eigenvalue weighted by Crippen LogP contribution is 2.21. The van der Waals surface area contributed by atoms with E-state index in [2.05, 4.69) is 4.98 Å². The molecule has 0 aliphatic carbocycles. The van der Waals surface area contributed by atoms with Crippen molar-refractivity contribution in [2.45, 2.75) is 10.8 Å². The van der Waals surface area contributed by atoms with Gasteiger partial charge in [-0.3, -0.25) is 4.98 Å². The van der Waals surface area contributed by atoms with Crippen molar-refractivity contribution in [2.75, 3.05) is 13.2 Å². The van der Waals surface area contributed by atoms with Crippen molar-refractivity contribution in [1.82, 2.24) is 9.71 Å². The summed E-state index contributed by atoms with van der Waals surface area (Å²) in [5, 5.41) is 8.78. The fourth-order valence-corrected chi connectivity index (χ4v) is 2.92. The topological polar surface area (TPSA) is 79.3 Å². The molecule has 20 heavy (non-hydrogen) atoms. The Morgan fingerprint density at radius 3 is 2.70 bits per heavy atom. The van der Waals surface area contributed by atoms with E-state index >= 15 is 0 Å². The van der Waals surface area contributed by atoms with E-state index in [0.29, 0.717) is 10.9 Å². The average Bonchev–Trinajstić information content (AvgIpc) is 2.45. The molecule has 0 fully saturated rings. The molecular weight excluding hydrogens is 290 g/mol. The van der Waals surface area contributed by atoms with E-state index in [9.17, 15) is 17.2 Å². The first-order valence-electron chi connectivity index (χ1n) is 5.68. The number of aliphatic hydroxyl groups excluding tert-OH is 1. The van der Waals surface area contributed by atoms with Gasteiger partial charge in [-0.05, 0) is 24.3 Å². The fraction of sp³-hybridized carbons (Fsp3) is 0.250. The molecule has 0 radical (unpaired) electrons. The number of hydrogen-bond donors (Lipinski definition) is 2. The van der Waals surface area contributed by atoms with Crippen molar-refractivity contribution in [3.63, 3.8) is 0 Å². The molecule has 1 heterocycles. The van der Waals surface area contributed by atoms with Crippen molar-refractivity contribution in [2.24, 2.45) is 0 Å². The van der Waals surface area contributed by atoms with E-state index in [-0.39, 0.29) is 4.90 Å². The number of hydrogen-bond acceptors (Lipinski definition) is 4. The molecule has 0 amide bonds. The lowest BCUT2D eigenvalue weighted by Gasteiger charge is -2.15. The van der Waals surface area contributed by atoms with Crippen LogP contribution >= 0.6 is 0 Å². The monoisotopic (exact) mass is 302 g/mol. The molecule has 0 aliphatic heterocycles. The predicted molar refractivity (Wildman–Crippen MR) is 69.0 cm³/mol. The minimum Gasteiger partial charge on any atom is -0.390 e. The number of benzene rings is 1. The van der Waals surface area contributed by atoms with Crippen LogP contribution in [0.15, 0.2) is 41.4 Å². The summed E-state index contributed by atoms with van der Waals surface area (Å²) in [6.45, 7) is -2.59. The number of nitrogens with one attached hydrogen (secondary N) is 1. The summed E-state index contributed by atoms with van der Waals surface area (Å²) in [6.07, 6.45) is 1.51. The van der Waals surface area contributed by atoms with E-state index in [0.717, 1.165) is 0 Å². The molecule has 0 spiro atoms. The number of nitrogens with zero attached hydrogens (tertiary/aromatic N) is 1. The zero-order chi connectivity index (χ0) is 14.8. The van der Waals surface area contributed by atoms with Crippen LogP contribution in [0.2, 0.25) is 0 Å². The van der Waals surface area contributed by atoms with Gasteiger partial charge in [-0.2, -0.15) is 0 Å². The third-order valence-corrected chi connectivity index (χ3v) is 4.11. The number of alkyl halides is 2. The minimum absolute atomic E-state index is 0.128. The van der Waals surface area contributed by atoms with E-state index in [1.807, 2.05) is 0 Å². The first-order chi connectivity index (χ1) is 9.36. The molecule has 1 aromatic heterocycles. The molecule has 2 aromatic rings. The zero-order valence-corrected chi connectivity index (χ0v) is 11.1. The number of aromatic nitrogens is 1. The lowest BCUT2D eigenvalue weighted by molar-refractivity contribution is -0.0437. The van der Waals surface area contributed by atoms with Crippen LogP contribution in [0.25, 0.3) is 10.9 Å². The number of halogens is 2. The van der Waals surface area contributed by atoms with Gasteiger partial charge in [0.25, 0.3) is 5.92 Å². The molecule has 0 saturated heterocycles. The molecule has 5 nitrogen and oxygen atoms in total. The Morgan fingerprint density at radius 1 is 1.25 bits per heavy atom. The lowest BCUT2D eigenvalue weighted by Crippen LogP contribution is -2.39. The Morgan fingerprint density at radius 2 is 2.00 bits per heavy atom. The molecule has 108 valence electrons. The van der Waals surface area contributed by atoms with E-state index in [4.69, 9.17) is 5.11 Å². The highest BCUT2D eigenvalue weighted by atomic mass is 32.2. The maximum Gasteiger partial charge on any atom is 0.283 e. The number of fused-ring (bicyclic) bond motifs is 1. The summed E-state index contributed by atoms with van der Waals surface area (Å²) in [5.41, 5.74) is 0.448. The van der Waals surface area contributed by atoms with Crippen LogP contribution in [0, 0.1) is 0 Å². The van der Waals surface area contributed by atoms with E-state index < -0.39 is 29.1 Å². The van der Waals surface area contributed by atoms with Gasteiger partial charge in [0, 0.05) is 11.6 Å². The highest BCUT2D eigenvalue weighted by molar-refractivity contribution is 7.89. The summed E-state index contributed by atoms with van der Waals surface area (Å²) in [5.74, 6) is -3.50. The Hall–Kier alpha value is -1.64. The third kappa shape index (κ3) is 3.09. The third-order valence-electron chi connectivity index (χ3n) is 2.65. The Balaban J connectivity index is 2.38. The molecule has 0 saturated carbocycles. The van der Waals surface area contributed by atoms with Gasteiger partial charge >= 0.3 is 0 Å². The van der Waals surface area contributed by atoms with Gasteiger partial charge in [-0.1, -0.05) is 6.07 Å². The van der Waals surface area contributed by atoms with Crippen LogP contribution in [0.5, 0.6) is 0 Å². The van der Waals surface area contributed by atoms with Crippen LogP contribution in [0.1, 0.15) is 0 Å². The van der Waals surface area contributed by atoms with Crippen LogP contribution < -0.4 is 4.72 Å². The van der Waals surface area contributed by atoms with Gasteiger partial charge in [0.15, 0.2) is 0 Å². The fourth-order valence-electron chi connectivity index (χ4n) is 1.64. The van der Waals surface area contributed by atoms with Crippen LogP contribution in [-0.2, 0) is 10.0 Å². The Labute approximate surface area is 114 Å². The molecule has 2 rings (SSSR count). The van der Waals surface area contributed by atoms with Crippen LogP contribution in [0.3, 0.4) is 0 Å². The second-order valence-corrected chi connectivity index (χ2v) is 5.90. The quantitative estimate of drug-likeness (QED) is 0.868. The van der Waals surface area contributed by atoms with Crippen molar-refractivity contribution >= 4 is 20.9 Å². The number of aliphatic hydroxyl groups is 1. The van der Waals surface area contributed by atoms with Gasteiger partial charge in [0.2, 0.25) is 10.0 Å². The first kappa shape index (κ1) is 14.8. The second kappa shape index (κ2) is 5.39. The maximum atomic E-state index is 12.9. The minimum atomic E-state index is -4.11. The molecule has 0 aliphatic rings. The molecule has 0 atom stereocenters. The standard InChI is InChI=1S/C12H12F2N2O3S/c13-12(14,8-17)7-16-20(18,19)11-5-1-4-10-9(11)3-2-6-15-10/h1-6,16-17H,7-8H2. The molecular formula is C12H12F2N2O3S. The van der Waals surface area contributed by atoms with Gasteiger partial charge in [0.05, 0.1) is 17.0 Å². The second-order valence-electron chi connectivity index (χ2n) is 4.16. The molecule has 2 N–H and O–H groups in total. The van der Waals surface area contributed by atoms with Crippen molar-refractivity contribution in [3.05, 3.63) is 36.5 Å². The predicted octanol–water partition coefficient (Wildman–Crippen LogP) is 1.14. The average molecular weight is 302 g/mol. The SMILES string of the molecule is O=S(=O)(NCC(F)(F)CO)c1cccc2ncccc12. The zero-order valence-electron chi connectivity index (χ0n) is 10.3. The Kier molecular flexibility index (Phi) is 3.98. The number of rotatable bonds is 5. The summed E-state index contributed by atoms with van der Waals surface area (Å²) in [6, 6.07) is 7.51. The highest BCUT2D eigenvalue weighted by Gasteiger charge is 2.30. The first-order valence-corrected chi connectivity index (χ1v) is 7.16. The van der Waals surface area contributed by atoms with Gasteiger partial charge in [0.1, 0.15) is 6.61 Å². The largest absolute Gasteiger partial charge is 0.390 e. The summed E-state index contributed by atoms with van der Waals surface area (Å²) in [4.78, 5) is 3.87. The summed E-state index contributed by atoms with van der Waals surface area (Å²) in [7, 11) is -4.11. The van der Waals surface area contributed by atoms with Gasteiger partial charge < -0.3 is 5.11 Å². The van der Waals surface area contributed by atoms with Crippen LogP contribution in [-0.4, -0.2) is 37.6 Å². The lowest BCUT2D eigenvalue weighted by atomic mass is 10.2. The van der Waals surface area contributed by atoms with Gasteiger partial charge in [-0.15, -0.1) is 0 Å². The maximum absolute atomic E-state index is 12.9. The van der Waals surface area contributed by atoms with E-state index in [1.54, 1.807) is 22.9 Å². The van der Waals surface area contributed by atoms with Crippen molar-refractivity contribution in [3.8, 4) is 0 Å². The molecule has 1 aromatic carbocycles.